The van der Waals surface area contributed by atoms with Crippen molar-refractivity contribution in [1.29, 1.82) is 0 Å². The van der Waals surface area contributed by atoms with Crippen LogP contribution >= 0.6 is 0 Å². The maximum absolute atomic E-state index is 13.2. The van der Waals surface area contributed by atoms with E-state index in [0.29, 0.717) is 5.69 Å². The predicted molar refractivity (Wildman–Crippen MR) is 99.8 cm³/mol. The number of likely N-dealkylation sites (N-methyl/N-ethyl adjacent to an activating group) is 1. The third-order valence-corrected chi connectivity index (χ3v) is 4.06. The van der Waals surface area contributed by atoms with E-state index in [1.165, 1.54) is 17.8 Å². The van der Waals surface area contributed by atoms with Crippen LogP contribution in [0.3, 0.4) is 0 Å². The molecule has 1 amide bonds. The second kappa shape index (κ2) is 8.35. The standard InChI is InChI=1S/C20H18F2N4O/c1-26(11-8-14-6-9-23-10-7-14)19-5-3-16(13-24-19)25-20(27)15-2-4-17(21)18(22)12-15/h2-7,9-10,12-13H,8,11H2,1H3,(H,25,27). The Labute approximate surface area is 155 Å². The number of rotatable bonds is 6. The predicted octanol–water partition coefficient (Wildman–Crippen LogP) is 3.69. The lowest BCUT2D eigenvalue weighted by molar-refractivity contribution is 0.102. The molecule has 27 heavy (non-hydrogen) atoms. The first-order valence-electron chi connectivity index (χ1n) is 8.35. The zero-order chi connectivity index (χ0) is 19.2. The molecule has 0 aliphatic carbocycles. The van der Waals surface area contributed by atoms with Crippen molar-refractivity contribution in [1.82, 2.24) is 9.97 Å². The van der Waals surface area contributed by atoms with Crippen molar-refractivity contribution >= 4 is 17.4 Å². The Balaban J connectivity index is 1.59. The number of benzene rings is 1. The molecule has 0 atom stereocenters. The Morgan fingerprint density at radius 2 is 1.85 bits per heavy atom. The zero-order valence-electron chi connectivity index (χ0n) is 14.7. The molecule has 0 bridgehead atoms. The molecule has 138 valence electrons. The van der Waals surface area contributed by atoms with E-state index in [9.17, 15) is 13.6 Å². The maximum Gasteiger partial charge on any atom is 0.255 e. The summed E-state index contributed by atoms with van der Waals surface area (Å²) in [5.41, 5.74) is 1.69. The molecule has 0 saturated heterocycles. The summed E-state index contributed by atoms with van der Waals surface area (Å²) in [7, 11) is 1.93. The number of hydrogen-bond acceptors (Lipinski definition) is 4. The van der Waals surface area contributed by atoms with Gasteiger partial charge in [-0.1, -0.05) is 0 Å². The van der Waals surface area contributed by atoms with Gasteiger partial charge >= 0.3 is 0 Å². The molecule has 0 aliphatic heterocycles. The average Bonchev–Trinajstić information content (AvgIpc) is 2.69. The van der Waals surface area contributed by atoms with Gasteiger partial charge in [0.25, 0.3) is 5.91 Å². The number of hydrogen-bond donors (Lipinski definition) is 1. The van der Waals surface area contributed by atoms with Gasteiger partial charge in [0.2, 0.25) is 0 Å². The van der Waals surface area contributed by atoms with Gasteiger partial charge in [-0.2, -0.15) is 0 Å². The number of carbonyl (C=O) groups excluding carboxylic acids is 1. The summed E-state index contributed by atoms with van der Waals surface area (Å²) in [5.74, 6) is -1.83. The van der Waals surface area contributed by atoms with Gasteiger partial charge in [-0.15, -0.1) is 0 Å². The Morgan fingerprint density at radius 1 is 1.07 bits per heavy atom. The molecular weight excluding hydrogens is 350 g/mol. The molecule has 0 fully saturated rings. The van der Waals surface area contributed by atoms with Crippen LogP contribution in [-0.4, -0.2) is 29.5 Å². The monoisotopic (exact) mass is 368 g/mol. The number of halogens is 2. The van der Waals surface area contributed by atoms with Crippen LogP contribution in [0.5, 0.6) is 0 Å². The van der Waals surface area contributed by atoms with Gasteiger partial charge in [0, 0.05) is 31.5 Å². The number of pyridine rings is 2. The lowest BCUT2D eigenvalue weighted by Gasteiger charge is -2.18. The third-order valence-electron chi connectivity index (χ3n) is 4.06. The molecule has 2 aromatic heterocycles. The number of nitrogens with one attached hydrogen (secondary N) is 1. The van der Waals surface area contributed by atoms with E-state index in [0.717, 1.165) is 30.9 Å². The van der Waals surface area contributed by atoms with Crippen LogP contribution < -0.4 is 10.2 Å². The van der Waals surface area contributed by atoms with Gasteiger partial charge in [-0.25, -0.2) is 13.8 Å². The molecular formula is C20H18F2N4O. The minimum atomic E-state index is -1.06. The van der Waals surface area contributed by atoms with Crippen LogP contribution in [0.25, 0.3) is 0 Å². The Morgan fingerprint density at radius 3 is 2.52 bits per heavy atom. The molecule has 0 unspecified atom stereocenters. The van der Waals surface area contributed by atoms with Crippen LogP contribution in [0.15, 0.2) is 61.1 Å². The molecule has 3 rings (SSSR count). The Hall–Kier alpha value is -3.35. The number of amides is 1. The molecule has 1 aromatic carbocycles. The second-order valence-corrected chi connectivity index (χ2v) is 6.02. The van der Waals surface area contributed by atoms with Crippen LogP contribution in [0.2, 0.25) is 0 Å². The smallest absolute Gasteiger partial charge is 0.255 e. The van der Waals surface area contributed by atoms with Crippen molar-refractivity contribution in [3.63, 3.8) is 0 Å². The van der Waals surface area contributed by atoms with Crippen molar-refractivity contribution in [2.45, 2.75) is 6.42 Å². The fourth-order valence-electron chi connectivity index (χ4n) is 2.49. The number of aromatic nitrogens is 2. The molecule has 1 N–H and O–H groups in total. The summed E-state index contributed by atoms with van der Waals surface area (Å²) < 4.78 is 26.2. The highest BCUT2D eigenvalue weighted by Crippen LogP contribution is 2.15. The summed E-state index contributed by atoms with van der Waals surface area (Å²) in [4.78, 5) is 22.4. The van der Waals surface area contributed by atoms with E-state index in [2.05, 4.69) is 15.3 Å². The summed E-state index contributed by atoms with van der Waals surface area (Å²) in [6, 6.07) is 10.4. The largest absolute Gasteiger partial charge is 0.359 e. The van der Waals surface area contributed by atoms with Gasteiger partial charge in [-0.3, -0.25) is 9.78 Å². The first-order valence-corrected chi connectivity index (χ1v) is 8.35. The summed E-state index contributed by atoms with van der Waals surface area (Å²) >= 11 is 0. The summed E-state index contributed by atoms with van der Waals surface area (Å²) in [6.07, 6.45) is 5.90. The van der Waals surface area contributed by atoms with Crippen LogP contribution in [0.1, 0.15) is 15.9 Å². The first kappa shape index (κ1) is 18.4. The maximum atomic E-state index is 13.2. The average molecular weight is 368 g/mol. The Kier molecular flexibility index (Phi) is 5.71. The van der Waals surface area contributed by atoms with Crippen molar-refractivity contribution in [3.05, 3.63) is 83.8 Å². The zero-order valence-corrected chi connectivity index (χ0v) is 14.7. The second-order valence-electron chi connectivity index (χ2n) is 6.02. The molecule has 0 spiro atoms. The molecule has 0 radical (unpaired) electrons. The first-order chi connectivity index (χ1) is 13.0. The molecule has 0 saturated carbocycles. The van der Waals surface area contributed by atoms with E-state index in [4.69, 9.17) is 0 Å². The highest BCUT2D eigenvalue weighted by atomic mass is 19.2. The fourth-order valence-corrected chi connectivity index (χ4v) is 2.49. The van der Waals surface area contributed by atoms with Gasteiger partial charge in [0.1, 0.15) is 5.82 Å². The van der Waals surface area contributed by atoms with Crippen molar-refractivity contribution in [3.8, 4) is 0 Å². The summed E-state index contributed by atoms with van der Waals surface area (Å²) in [5, 5.41) is 2.61. The molecule has 2 heterocycles. The lowest BCUT2D eigenvalue weighted by Crippen LogP contribution is -2.21. The Bertz CT molecular complexity index is 917. The number of anilines is 2. The molecule has 7 heteroatoms. The number of nitrogens with zero attached hydrogens (tertiary/aromatic N) is 3. The van der Waals surface area contributed by atoms with Gasteiger partial charge in [0.05, 0.1) is 11.9 Å². The summed E-state index contributed by atoms with van der Waals surface area (Å²) in [6.45, 7) is 0.775. The normalized spacial score (nSPS) is 10.5. The van der Waals surface area contributed by atoms with E-state index in [1.807, 2.05) is 24.1 Å². The van der Waals surface area contributed by atoms with Gasteiger partial charge in [-0.05, 0) is 54.4 Å². The third kappa shape index (κ3) is 4.84. The SMILES string of the molecule is CN(CCc1ccncc1)c1ccc(NC(=O)c2ccc(F)c(F)c2)cn1. The van der Waals surface area contributed by atoms with Gasteiger partial charge in [0.15, 0.2) is 11.6 Å². The van der Waals surface area contributed by atoms with Crippen molar-refractivity contribution < 1.29 is 13.6 Å². The number of carbonyl (C=O) groups is 1. The minimum Gasteiger partial charge on any atom is -0.359 e. The molecule has 5 nitrogen and oxygen atoms in total. The molecule has 0 aliphatic rings. The van der Waals surface area contributed by atoms with E-state index in [1.54, 1.807) is 24.5 Å². The quantitative estimate of drug-likeness (QED) is 0.721. The van der Waals surface area contributed by atoms with Crippen LogP contribution in [-0.2, 0) is 6.42 Å². The van der Waals surface area contributed by atoms with Crippen LogP contribution in [0.4, 0.5) is 20.3 Å². The van der Waals surface area contributed by atoms with Gasteiger partial charge < -0.3 is 10.2 Å². The van der Waals surface area contributed by atoms with E-state index in [-0.39, 0.29) is 5.56 Å². The molecule has 3 aromatic rings. The highest BCUT2D eigenvalue weighted by molar-refractivity contribution is 6.04. The lowest BCUT2D eigenvalue weighted by atomic mass is 10.2. The van der Waals surface area contributed by atoms with Crippen molar-refractivity contribution in [2.75, 3.05) is 23.8 Å². The highest BCUT2D eigenvalue weighted by Gasteiger charge is 2.11. The van der Waals surface area contributed by atoms with Crippen LogP contribution in [0, 0.1) is 11.6 Å². The van der Waals surface area contributed by atoms with Crippen molar-refractivity contribution in [2.24, 2.45) is 0 Å². The minimum absolute atomic E-state index is 0.0347. The van der Waals surface area contributed by atoms with E-state index >= 15 is 0 Å². The topological polar surface area (TPSA) is 58.1 Å². The van der Waals surface area contributed by atoms with E-state index < -0.39 is 17.5 Å². The fraction of sp³-hybridized carbons (Fsp3) is 0.150.